The number of carbonyl (C=O) groups is 3. The van der Waals surface area contributed by atoms with Crippen molar-refractivity contribution in [2.75, 3.05) is 13.1 Å². The summed E-state index contributed by atoms with van der Waals surface area (Å²) in [5, 5.41) is 4.45. The number of hydrogen-bond donors (Lipinski definition) is 1. The van der Waals surface area contributed by atoms with Gasteiger partial charge in [-0.25, -0.2) is 4.99 Å². The van der Waals surface area contributed by atoms with Crippen LogP contribution in [0.3, 0.4) is 0 Å². The van der Waals surface area contributed by atoms with E-state index in [1.165, 1.54) is 0 Å². The lowest BCUT2D eigenvalue weighted by Gasteiger charge is -2.43. The summed E-state index contributed by atoms with van der Waals surface area (Å²) in [6.45, 7) is 5.31. The van der Waals surface area contributed by atoms with Crippen LogP contribution in [0.1, 0.15) is 71.1 Å². The zero-order valence-electron chi connectivity index (χ0n) is 18.4. The van der Waals surface area contributed by atoms with Gasteiger partial charge in [-0.3, -0.25) is 19.1 Å². The molecule has 8 heteroatoms. The molecule has 1 aromatic heterocycles. The number of likely N-dealkylation sites (tertiary alicyclic amines) is 1. The van der Waals surface area contributed by atoms with Crippen LogP contribution in [0.25, 0.3) is 0 Å². The first-order chi connectivity index (χ1) is 15.3. The van der Waals surface area contributed by atoms with E-state index < -0.39 is 5.91 Å². The van der Waals surface area contributed by atoms with Crippen LogP contribution < -0.4 is 5.73 Å². The van der Waals surface area contributed by atoms with Gasteiger partial charge in [0, 0.05) is 43.1 Å². The van der Waals surface area contributed by atoms with Crippen LogP contribution in [-0.4, -0.2) is 51.1 Å². The number of amides is 2. The van der Waals surface area contributed by atoms with Crippen molar-refractivity contribution in [3.05, 3.63) is 46.8 Å². The molecule has 0 radical (unpaired) electrons. The maximum Gasteiger partial charge on any atom is 0.263 e. The van der Waals surface area contributed by atoms with Crippen molar-refractivity contribution in [1.29, 1.82) is 0 Å². The summed E-state index contributed by atoms with van der Waals surface area (Å²) in [6.07, 6.45) is 5.21. The molecule has 3 heterocycles. The van der Waals surface area contributed by atoms with E-state index in [-0.39, 0.29) is 23.1 Å². The summed E-state index contributed by atoms with van der Waals surface area (Å²) in [5.74, 6) is -0.403. The Morgan fingerprint density at radius 3 is 2.56 bits per heavy atom. The highest BCUT2D eigenvalue weighted by Crippen LogP contribution is 2.44. The number of benzene rings is 1. The number of ketones is 1. The van der Waals surface area contributed by atoms with E-state index >= 15 is 0 Å². The second-order valence-electron chi connectivity index (χ2n) is 9.57. The molecule has 3 aliphatic rings. The number of hydrogen-bond acceptors (Lipinski definition) is 5. The molecule has 0 unspecified atom stereocenters. The summed E-state index contributed by atoms with van der Waals surface area (Å²) >= 11 is 0. The molecule has 1 aromatic carbocycles. The first-order valence-corrected chi connectivity index (χ1v) is 11.2. The highest BCUT2D eigenvalue weighted by Gasteiger charge is 2.43. The van der Waals surface area contributed by atoms with Gasteiger partial charge in [-0.15, -0.1) is 0 Å². The predicted molar refractivity (Wildman–Crippen MR) is 119 cm³/mol. The number of primary amides is 1. The predicted octanol–water partition coefficient (Wildman–Crippen LogP) is 2.63. The Bertz CT molecular complexity index is 1170. The van der Waals surface area contributed by atoms with Gasteiger partial charge in [-0.1, -0.05) is 6.07 Å². The summed E-state index contributed by atoms with van der Waals surface area (Å²) < 4.78 is 1.84. The quantitative estimate of drug-likeness (QED) is 0.802. The van der Waals surface area contributed by atoms with Crippen molar-refractivity contribution in [3.8, 4) is 0 Å². The Morgan fingerprint density at radius 2 is 1.88 bits per heavy atom. The van der Waals surface area contributed by atoms with E-state index in [0.29, 0.717) is 42.9 Å². The average Bonchev–Trinajstić information content (AvgIpc) is 3.37. The van der Waals surface area contributed by atoms with Crippen molar-refractivity contribution in [3.63, 3.8) is 0 Å². The van der Waals surface area contributed by atoms with Crippen LogP contribution >= 0.6 is 0 Å². The van der Waals surface area contributed by atoms with E-state index in [0.717, 1.165) is 36.1 Å². The minimum absolute atomic E-state index is 0.0409. The summed E-state index contributed by atoms with van der Waals surface area (Å²) in [6, 6.07) is 5.55. The van der Waals surface area contributed by atoms with Crippen molar-refractivity contribution in [1.82, 2.24) is 14.7 Å². The van der Waals surface area contributed by atoms with Crippen LogP contribution in [0.15, 0.2) is 29.4 Å². The first-order valence-electron chi connectivity index (χ1n) is 11.2. The van der Waals surface area contributed by atoms with Crippen LogP contribution in [0, 0.1) is 5.41 Å². The molecule has 166 valence electrons. The van der Waals surface area contributed by atoms with Gasteiger partial charge < -0.3 is 10.6 Å². The second kappa shape index (κ2) is 7.39. The van der Waals surface area contributed by atoms with Crippen LogP contribution in [-0.2, 0) is 17.6 Å². The lowest BCUT2D eigenvalue weighted by molar-refractivity contribution is -0.112. The van der Waals surface area contributed by atoms with E-state index in [2.05, 4.69) is 10.1 Å². The standard InChI is InChI=1S/C24H27N5O3/c1-14(2)29-21-17(13-26-29)11-24(12-20(21)30)5-7-28(8-6-24)23(32)16-4-3-15-9-19(22(25)31)27-18(15)10-16/h3-4,10,13-14H,5-9,11-12H2,1-2H3,(H2,25,31). The minimum Gasteiger partial charge on any atom is -0.365 e. The molecule has 1 fully saturated rings. The van der Waals surface area contributed by atoms with E-state index in [4.69, 9.17) is 5.73 Å². The molecule has 32 heavy (non-hydrogen) atoms. The molecule has 1 spiro atoms. The monoisotopic (exact) mass is 433 g/mol. The topological polar surface area (TPSA) is 111 Å². The second-order valence-corrected chi connectivity index (χ2v) is 9.57. The van der Waals surface area contributed by atoms with Gasteiger partial charge in [0.25, 0.3) is 11.8 Å². The van der Waals surface area contributed by atoms with Gasteiger partial charge in [0.15, 0.2) is 5.78 Å². The Kier molecular flexibility index (Phi) is 4.76. The zero-order chi connectivity index (χ0) is 22.6. The molecule has 2 aromatic rings. The van der Waals surface area contributed by atoms with Crippen LogP contribution in [0.5, 0.6) is 0 Å². The van der Waals surface area contributed by atoms with Gasteiger partial charge in [-0.05, 0) is 56.2 Å². The fourth-order valence-electron chi connectivity index (χ4n) is 5.29. The van der Waals surface area contributed by atoms with Gasteiger partial charge in [0.2, 0.25) is 0 Å². The fourth-order valence-corrected chi connectivity index (χ4v) is 5.29. The average molecular weight is 434 g/mol. The number of fused-ring (bicyclic) bond motifs is 2. The molecule has 5 rings (SSSR count). The molecule has 0 bridgehead atoms. The molecule has 0 atom stereocenters. The Balaban J connectivity index is 1.29. The maximum atomic E-state index is 13.1. The molecular weight excluding hydrogens is 406 g/mol. The summed E-state index contributed by atoms with van der Waals surface area (Å²) in [5.41, 5.74) is 9.49. The Hall–Kier alpha value is -3.29. The Labute approximate surface area is 186 Å². The molecular formula is C24H27N5O3. The number of aliphatic imine (C=N–C) groups is 1. The minimum atomic E-state index is -0.528. The lowest BCUT2D eigenvalue weighted by atomic mass is 9.67. The molecule has 2 amide bonds. The van der Waals surface area contributed by atoms with Crippen LogP contribution in [0.4, 0.5) is 5.69 Å². The van der Waals surface area contributed by atoms with Gasteiger partial charge in [-0.2, -0.15) is 5.10 Å². The maximum absolute atomic E-state index is 13.1. The van der Waals surface area contributed by atoms with Crippen molar-refractivity contribution in [2.24, 2.45) is 16.1 Å². The van der Waals surface area contributed by atoms with Crippen molar-refractivity contribution >= 4 is 29.0 Å². The number of Topliss-reactive ketones (excluding diaryl/α,β-unsaturated/α-hetero) is 1. The van der Waals surface area contributed by atoms with Crippen molar-refractivity contribution < 1.29 is 14.4 Å². The smallest absolute Gasteiger partial charge is 0.263 e. The number of nitrogens with two attached hydrogens (primary N) is 1. The molecule has 0 saturated carbocycles. The largest absolute Gasteiger partial charge is 0.365 e. The van der Waals surface area contributed by atoms with Crippen molar-refractivity contribution in [2.45, 2.75) is 52.0 Å². The van der Waals surface area contributed by atoms with E-state index in [9.17, 15) is 14.4 Å². The third kappa shape index (κ3) is 3.34. The number of aromatic nitrogens is 2. The van der Waals surface area contributed by atoms with Gasteiger partial charge in [0.05, 0.1) is 11.9 Å². The summed E-state index contributed by atoms with van der Waals surface area (Å²) in [7, 11) is 0. The van der Waals surface area contributed by atoms with Gasteiger partial charge in [0.1, 0.15) is 11.4 Å². The third-order valence-electron chi connectivity index (χ3n) is 7.07. The van der Waals surface area contributed by atoms with Gasteiger partial charge >= 0.3 is 0 Å². The third-order valence-corrected chi connectivity index (χ3v) is 7.07. The normalized spacial score (nSPS) is 19.2. The molecule has 8 nitrogen and oxygen atoms in total. The Morgan fingerprint density at radius 1 is 1.12 bits per heavy atom. The zero-order valence-corrected chi connectivity index (χ0v) is 18.4. The summed E-state index contributed by atoms with van der Waals surface area (Å²) in [4.78, 5) is 43.7. The SMILES string of the molecule is CC(C)n1ncc2c1C(=O)CC1(CCN(C(=O)c3ccc4c(c3)N=C(C(N)=O)C4)CC1)C2. The number of carbonyl (C=O) groups excluding carboxylic acids is 3. The molecule has 1 aliphatic carbocycles. The fraction of sp³-hybridized carbons (Fsp3) is 0.458. The van der Waals surface area contributed by atoms with Crippen LogP contribution in [0.2, 0.25) is 0 Å². The number of rotatable bonds is 3. The van der Waals surface area contributed by atoms with E-state index in [1.54, 1.807) is 12.1 Å². The molecule has 1 saturated heterocycles. The van der Waals surface area contributed by atoms with E-state index in [1.807, 2.05) is 35.7 Å². The highest BCUT2D eigenvalue weighted by atomic mass is 16.2. The number of piperidine rings is 1. The highest BCUT2D eigenvalue weighted by molar-refractivity contribution is 6.40. The number of nitrogens with zero attached hydrogens (tertiary/aromatic N) is 4. The lowest BCUT2D eigenvalue weighted by Crippen LogP contribution is -2.46. The molecule has 2 aliphatic heterocycles. The molecule has 2 N–H and O–H groups in total. The first kappa shape index (κ1) is 20.6.